The summed E-state index contributed by atoms with van der Waals surface area (Å²) in [5.41, 5.74) is 4.66. The van der Waals surface area contributed by atoms with Gasteiger partial charge in [0, 0.05) is 18.8 Å². The van der Waals surface area contributed by atoms with E-state index in [9.17, 15) is 9.59 Å². The third-order valence-corrected chi connectivity index (χ3v) is 6.83. The Morgan fingerprint density at radius 1 is 0.868 bits per heavy atom. The highest BCUT2D eigenvalue weighted by molar-refractivity contribution is 5.93. The van der Waals surface area contributed by atoms with Gasteiger partial charge < -0.3 is 19.7 Å². The second-order valence-corrected chi connectivity index (χ2v) is 9.58. The molecule has 1 heterocycles. The van der Waals surface area contributed by atoms with Crippen molar-refractivity contribution in [2.24, 2.45) is 0 Å². The number of nitrogens with one attached hydrogen (secondary N) is 1. The van der Waals surface area contributed by atoms with Gasteiger partial charge >= 0.3 is 5.97 Å². The molecule has 0 bridgehead atoms. The Hall–Kier alpha value is -3.80. The van der Waals surface area contributed by atoms with Crippen LogP contribution >= 0.6 is 0 Å². The highest BCUT2D eigenvalue weighted by Gasteiger charge is 2.23. The number of amides is 1. The summed E-state index contributed by atoms with van der Waals surface area (Å²) in [6.07, 6.45) is 4.52. The van der Waals surface area contributed by atoms with Gasteiger partial charge in [0.2, 0.25) is 5.91 Å². The Morgan fingerprint density at radius 2 is 1.61 bits per heavy atom. The predicted molar refractivity (Wildman–Crippen MR) is 151 cm³/mol. The van der Waals surface area contributed by atoms with E-state index >= 15 is 0 Å². The molecular weight excluding hydrogens is 476 g/mol. The summed E-state index contributed by atoms with van der Waals surface area (Å²) >= 11 is 0. The van der Waals surface area contributed by atoms with E-state index in [-0.39, 0.29) is 25.0 Å². The van der Waals surface area contributed by atoms with E-state index in [1.54, 1.807) is 25.1 Å². The van der Waals surface area contributed by atoms with Crippen molar-refractivity contribution in [1.29, 1.82) is 0 Å². The van der Waals surface area contributed by atoms with Crippen molar-refractivity contribution in [3.05, 3.63) is 95.1 Å². The van der Waals surface area contributed by atoms with Crippen LogP contribution in [0.3, 0.4) is 0 Å². The number of esters is 1. The SMILES string of the molecule is CCOC(=O)c1ccc(CC(=O)NC(Cc2ccccc2)c2ccccc2N2CCCCC2)cc1OCC. The maximum Gasteiger partial charge on any atom is 0.341 e. The Kier molecular flexibility index (Phi) is 9.79. The zero-order valence-electron chi connectivity index (χ0n) is 22.4. The van der Waals surface area contributed by atoms with Gasteiger partial charge in [-0.25, -0.2) is 4.79 Å². The maximum absolute atomic E-state index is 13.4. The lowest BCUT2D eigenvalue weighted by atomic mass is 9.95. The molecule has 3 aromatic rings. The summed E-state index contributed by atoms with van der Waals surface area (Å²) in [4.78, 5) is 28.2. The summed E-state index contributed by atoms with van der Waals surface area (Å²) in [6, 6.07) is 23.8. The van der Waals surface area contributed by atoms with E-state index < -0.39 is 5.97 Å². The molecule has 200 valence electrons. The number of hydrogen-bond donors (Lipinski definition) is 1. The minimum absolute atomic E-state index is 0.0780. The standard InChI is InChI=1S/C32H38N2O4/c1-3-37-30-22-25(17-18-27(30)32(36)38-4-2)23-31(35)33-28(21-24-13-7-5-8-14-24)26-15-9-10-16-29(26)34-19-11-6-12-20-34/h5,7-10,13-18,22,28H,3-4,6,11-12,19-21,23H2,1-2H3,(H,33,35). The molecule has 0 saturated carbocycles. The fourth-order valence-electron chi connectivity index (χ4n) is 5.05. The summed E-state index contributed by atoms with van der Waals surface area (Å²) in [5.74, 6) is -0.0672. The van der Waals surface area contributed by atoms with Crippen molar-refractivity contribution in [1.82, 2.24) is 5.32 Å². The fraction of sp³-hybridized carbons (Fsp3) is 0.375. The number of ether oxygens (including phenoxy) is 2. The smallest absolute Gasteiger partial charge is 0.341 e. The summed E-state index contributed by atoms with van der Waals surface area (Å²) in [7, 11) is 0. The van der Waals surface area contributed by atoms with E-state index in [1.807, 2.05) is 25.1 Å². The quantitative estimate of drug-likeness (QED) is 0.323. The van der Waals surface area contributed by atoms with Crippen molar-refractivity contribution < 1.29 is 19.1 Å². The summed E-state index contributed by atoms with van der Waals surface area (Å²) in [6.45, 7) is 6.41. The number of carbonyl (C=O) groups is 2. The Labute approximate surface area is 226 Å². The molecule has 3 aromatic carbocycles. The number of benzene rings is 3. The number of carbonyl (C=O) groups excluding carboxylic acids is 2. The second kappa shape index (κ2) is 13.7. The molecule has 1 unspecified atom stereocenters. The van der Waals surface area contributed by atoms with Gasteiger partial charge in [0.15, 0.2) is 0 Å². The van der Waals surface area contributed by atoms with Gasteiger partial charge in [-0.05, 0) is 74.4 Å². The first kappa shape index (κ1) is 27.2. The van der Waals surface area contributed by atoms with Crippen LogP contribution in [0.2, 0.25) is 0 Å². The molecule has 0 spiro atoms. The highest BCUT2D eigenvalue weighted by atomic mass is 16.5. The molecule has 0 aromatic heterocycles. The first-order valence-electron chi connectivity index (χ1n) is 13.7. The average Bonchev–Trinajstić information content (AvgIpc) is 2.94. The molecule has 1 aliphatic rings. The zero-order valence-corrected chi connectivity index (χ0v) is 22.4. The molecule has 1 atom stereocenters. The minimum atomic E-state index is -0.427. The highest BCUT2D eigenvalue weighted by Crippen LogP contribution is 2.31. The number of piperidine rings is 1. The van der Waals surface area contributed by atoms with E-state index in [1.165, 1.54) is 30.5 Å². The van der Waals surface area contributed by atoms with Crippen molar-refractivity contribution in [3.8, 4) is 5.75 Å². The molecule has 0 radical (unpaired) electrons. The zero-order chi connectivity index (χ0) is 26.7. The van der Waals surface area contributed by atoms with Gasteiger partial charge in [-0.3, -0.25) is 4.79 Å². The molecule has 6 nitrogen and oxygen atoms in total. The fourth-order valence-corrected chi connectivity index (χ4v) is 5.05. The van der Waals surface area contributed by atoms with Gasteiger partial charge in [-0.1, -0.05) is 54.6 Å². The van der Waals surface area contributed by atoms with Crippen LogP contribution in [-0.4, -0.2) is 38.2 Å². The first-order chi connectivity index (χ1) is 18.6. The topological polar surface area (TPSA) is 67.9 Å². The molecule has 0 aliphatic carbocycles. The Bertz CT molecular complexity index is 1210. The molecule has 6 heteroatoms. The van der Waals surface area contributed by atoms with Gasteiger partial charge in [0.1, 0.15) is 11.3 Å². The lowest BCUT2D eigenvalue weighted by Gasteiger charge is -2.33. The number of hydrogen-bond acceptors (Lipinski definition) is 5. The van der Waals surface area contributed by atoms with E-state index in [0.29, 0.717) is 24.3 Å². The van der Waals surface area contributed by atoms with Gasteiger partial charge in [0.05, 0.1) is 25.7 Å². The predicted octanol–water partition coefficient (Wildman–Crippen LogP) is 5.90. The number of rotatable bonds is 11. The first-order valence-corrected chi connectivity index (χ1v) is 13.7. The normalized spacial score (nSPS) is 14.0. The number of para-hydroxylation sites is 1. The van der Waals surface area contributed by atoms with E-state index in [4.69, 9.17) is 9.47 Å². The Balaban J connectivity index is 1.57. The van der Waals surface area contributed by atoms with Crippen molar-refractivity contribution >= 4 is 17.6 Å². The third kappa shape index (κ3) is 7.15. The largest absolute Gasteiger partial charge is 0.493 e. The van der Waals surface area contributed by atoms with Gasteiger partial charge in [-0.15, -0.1) is 0 Å². The molecule has 4 rings (SSSR count). The Morgan fingerprint density at radius 3 is 2.34 bits per heavy atom. The number of nitrogens with zero attached hydrogens (tertiary/aromatic N) is 1. The molecular formula is C32H38N2O4. The second-order valence-electron chi connectivity index (χ2n) is 9.58. The molecule has 1 aliphatic heterocycles. The van der Waals surface area contributed by atoms with Gasteiger partial charge in [0.25, 0.3) is 0 Å². The van der Waals surface area contributed by atoms with Crippen LogP contribution in [0.25, 0.3) is 0 Å². The summed E-state index contributed by atoms with van der Waals surface area (Å²) < 4.78 is 10.9. The monoisotopic (exact) mass is 514 g/mol. The lowest BCUT2D eigenvalue weighted by Crippen LogP contribution is -2.35. The average molecular weight is 515 g/mol. The van der Waals surface area contributed by atoms with Crippen molar-refractivity contribution in [2.45, 2.75) is 52.0 Å². The van der Waals surface area contributed by atoms with Crippen LogP contribution in [0.4, 0.5) is 5.69 Å². The van der Waals surface area contributed by atoms with Crippen LogP contribution in [0.1, 0.15) is 66.2 Å². The third-order valence-electron chi connectivity index (χ3n) is 6.83. The molecule has 38 heavy (non-hydrogen) atoms. The number of anilines is 1. The lowest BCUT2D eigenvalue weighted by molar-refractivity contribution is -0.121. The van der Waals surface area contributed by atoms with Crippen molar-refractivity contribution in [3.63, 3.8) is 0 Å². The van der Waals surface area contributed by atoms with E-state index in [0.717, 1.165) is 24.2 Å². The van der Waals surface area contributed by atoms with E-state index in [2.05, 4.69) is 46.6 Å². The van der Waals surface area contributed by atoms with Gasteiger partial charge in [-0.2, -0.15) is 0 Å². The van der Waals surface area contributed by atoms with Crippen LogP contribution in [0.15, 0.2) is 72.8 Å². The maximum atomic E-state index is 13.4. The van der Waals surface area contributed by atoms with Crippen LogP contribution in [0, 0.1) is 0 Å². The summed E-state index contributed by atoms with van der Waals surface area (Å²) in [5, 5.41) is 3.32. The molecule has 1 N–H and O–H groups in total. The van der Waals surface area contributed by atoms with Crippen LogP contribution in [-0.2, 0) is 22.4 Å². The van der Waals surface area contributed by atoms with Crippen LogP contribution < -0.4 is 15.0 Å². The molecule has 1 fully saturated rings. The van der Waals surface area contributed by atoms with Crippen molar-refractivity contribution in [2.75, 3.05) is 31.2 Å². The molecule has 1 amide bonds. The molecule has 1 saturated heterocycles. The van der Waals surface area contributed by atoms with Crippen LogP contribution in [0.5, 0.6) is 5.75 Å². The minimum Gasteiger partial charge on any atom is -0.493 e.